The molecule has 0 saturated carbocycles. The summed E-state index contributed by atoms with van der Waals surface area (Å²) in [5.41, 5.74) is 21.6. The third-order valence-electron chi connectivity index (χ3n) is 13.4. The Labute approximate surface area is 431 Å². The minimum atomic E-state index is 0. The smallest absolute Gasteiger partial charge is 0.304 e. The average Bonchev–Trinajstić information content (AvgIpc) is 3.96. The van der Waals surface area contributed by atoms with Crippen molar-refractivity contribution in [2.24, 2.45) is 0 Å². The molecule has 0 radical (unpaired) electrons. The van der Waals surface area contributed by atoms with Gasteiger partial charge < -0.3 is 15.0 Å². The zero-order chi connectivity index (χ0) is 47.1. The van der Waals surface area contributed by atoms with Crippen LogP contribution in [0.5, 0.6) is 0 Å². The summed E-state index contributed by atoms with van der Waals surface area (Å²) < 4.78 is 2.05. The van der Waals surface area contributed by atoms with E-state index in [4.69, 9.17) is 20.1 Å². The number of nitrogens with zero attached hydrogens (tertiary/aromatic N) is 5. The Morgan fingerprint density at radius 1 is 0.347 bits per heavy atom. The Morgan fingerprint density at radius 3 is 1.33 bits per heavy atom. The topological polar surface area (TPSA) is 56.0 Å². The third-order valence-corrected chi connectivity index (χ3v) is 13.4. The van der Waals surface area contributed by atoms with E-state index in [1.807, 2.05) is 90.0 Å². The second-order valence-electron chi connectivity index (χ2n) is 17.6. The summed E-state index contributed by atoms with van der Waals surface area (Å²) in [6.45, 7) is 0. The number of hydrogen-bond donors (Lipinski definition) is 0. The van der Waals surface area contributed by atoms with Crippen LogP contribution in [0.25, 0.3) is 128 Å². The number of benzene rings is 8. The van der Waals surface area contributed by atoms with Gasteiger partial charge in [0, 0.05) is 24.8 Å². The number of rotatable bonds is 9. The van der Waals surface area contributed by atoms with Crippen molar-refractivity contribution in [2.75, 3.05) is 0 Å². The predicted molar refractivity (Wildman–Crippen MR) is 289 cm³/mol. The van der Waals surface area contributed by atoms with Crippen LogP contribution in [0.15, 0.2) is 243 Å². The second kappa shape index (κ2) is 19.1. The van der Waals surface area contributed by atoms with Gasteiger partial charge in [-0.05, 0) is 124 Å². The molecule has 72 heavy (non-hydrogen) atoms. The molecule has 8 aromatic carbocycles. The summed E-state index contributed by atoms with van der Waals surface area (Å²) in [6.07, 6.45) is 7.83. The molecule has 0 aliphatic rings. The molecule has 13 aromatic rings. The molecule has 5 aromatic heterocycles. The van der Waals surface area contributed by atoms with Gasteiger partial charge in [0.05, 0.1) is 5.52 Å². The third kappa shape index (κ3) is 8.09. The van der Waals surface area contributed by atoms with E-state index in [1.165, 1.54) is 0 Å². The summed E-state index contributed by atoms with van der Waals surface area (Å²) in [5, 5.41) is 6.82. The standard InChI is InChI=1S/C66H40N5.Ir/c1-4-17-44(18-5-1)59-29-16-30-60-65-61(64-35-36-70-71(64)66(59)60)40-52(43-69-65)58-28-15-14-27-57(58)51-38-49(55-25-12-10-23-53(55)47-31-33-62(67-41-47)45-19-6-2-7-20-45)37-50(39-51)56-26-13-11-24-54(56)48-32-34-63(68-42-48)46-21-8-3-9-22-46;/h1-19,21,23-29,31-43H;/q-3;+3. The van der Waals surface area contributed by atoms with Crippen molar-refractivity contribution in [1.82, 2.24) is 24.6 Å². The summed E-state index contributed by atoms with van der Waals surface area (Å²) >= 11 is 0. The molecule has 0 aliphatic heterocycles. The maximum atomic E-state index is 5.27. The predicted octanol–water partition coefficient (Wildman–Crippen LogP) is 16.2. The molecule has 0 bridgehead atoms. The van der Waals surface area contributed by atoms with E-state index < -0.39 is 0 Å². The summed E-state index contributed by atoms with van der Waals surface area (Å²) in [6, 6.07) is 86.4. The summed E-state index contributed by atoms with van der Waals surface area (Å²) in [4.78, 5) is 15.1. The molecule has 0 saturated heterocycles. The fourth-order valence-electron chi connectivity index (χ4n) is 10.0. The molecule has 0 spiro atoms. The minimum absolute atomic E-state index is 0. The van der Waals surface area contributed by atoms with Crippen LogP contribution < -0.4 is 0 Å². The number of hydrogen-bond acceptors (Lipinski definition) is 4. The van der Waals surface area contributed by atoms with Crippen molar-refractivity contribution in [3.63, 3.8) is 0 Å². The zero-order valence-electron chi connectivity index (χ0n) is 38.7. The van der Waals surface area contributed by atoms with Gasteiger partial charge in [-0.1, -0.05) is 144 Å². The van der Waals surface area contributed by atoms with Crippen molar-refractivity contribution >= 4 is 27.3 Å². The van der Waals surface area contributed by atoms with Gasteiger partial charge >= 0.3 is 20.1 Å². The Bertz CT molecular complexity index is 3930. The van der Waals surface area contributed by atoms with E-state index in [0.29, 0.717) is 0 Å². The van der Waals surface area contributed by atoms with Crippen molar-refractivity contribution < 1.29 is 20.1 Å². The van der Waals surface area contributed by atoms with Gasteiger partial charge in [-0.15, -0.1) is 90.0 Å². The number of aromatic nitrogens is 5. The van der Waals surface area contributed by atoms with Crippen molar-refractivity contribution in [1.29, 1.82) is 0 Å². The Hall–Kier alpha value is -8.93. The van der Waals surface area contributed by atoms with E-state index in [9.17, 15) is 0 Å². The van der Waals surface area contributed by atoms with Crippen LogP contribution >= 0.6 is 0 Å². The number of pyridine rings is 4. The maximum Gasteiger partial charge on any atom is 3.00 e. The molecule has 0 N–H and O–H groups in total. The SMILES string of the molecule is [Ir+3].[c-]1ccccc1-c1ccc(-c2ccccc2-c2cc(-c3ccccc3-c3ccc(-c4[c-]cccc4)nc3)cc(-c3ccccc3-c3cnc4c5[c-]ccc(-c6ccccc6)c5n5nccc5c4c3)c2)cn1. The van der Waals surface area contributed by atoms with Gasteiger partial charge in [0.15, 0.2) is 0 Å². The van der Waals surface area contributed by atoms with Gasteiger partial charge in [-0.2, -0.15) is 5.10 Å². The zero-order valence-corrected chi connectivity index (χ0v) is 41.1. The monoisotopic (exact) mass is 1100 g/mol. The first-order valence-electron chi connectivity index (χ1n) is 23.7. The fourth-order valence-corrected chi connectivity index (χ4v) is 10.0. The van der Waals surface area contributed by atoms with E-state index in [1.54, 1.807) is 0 Å². The van der Waals surface area contributed by atoms with E-state index >= 15 is 0 Å². The molecule has 338 valence electrons. The molecular formula is C66H40IrN5. The first kappa shape index (κ1) is 44.3. The maximum absolute atomic E-state index is 5.27. The van der Waals surface area contributed by atoms with Crippen molar-refractivity contribution in [3.8, 4) is 100 Å². The Balaban J connectivity index is 0.00000530. The van der Waals surface area contributed by atoms with Crippen molar-refractivity contribution in [3.05, 3.63) is 261 Å². The van der Waals surface area contributed by atoms with Crippen LogP contribution in [0.4, 0.5) is 0 Å². The average molecular weight is 1100 g/mol. The van der Waals surface area contributed by atoms with Crippen LogP contribution in [0.3, 0.4) is 0 Å². The van der Waals surface area contributed by atoms with E-state index in [2.05, 4.69) is 176 Å². The molecule has 0 amide bonds. The number of fused-ring (bicyclic) bond motifs is 6. The quantitative estimate of drug-likeness (QED) is 0.107. The fraction of sp³-hybridized carbons (Fsp3) is 0. The second-order valence-corrected chi connectivity index (χ2v) is 17.6. The molecular weight excluding hydrogens is 1050 g/mol. The summed E-state index contributed by atoms with van der Waals surface area (Å²) in [7, 11) is 0. The largest absolute Gasteiger partial charge is 3.00 e. The van der Waals surface area contributed by atoms with Crippen LogP contribution in [0, 0.1) is 18.2 Å². The molecule has 5 nitrogen and oxygen atoms in total. The molecule has 6 heteroatoms. The normalized spacial score (nSPS) is 11.2. The van der Waals surface area contributed by atoms with Crippen LogP contribution in [-0.4, -0.2) is 24.6 Å². The van der Waals surface area contributed by atoms with Gasteiger partial charge in [0.25, 0.3) is 0 Å². The molecule has 0 atom stereocenters. The molecule has 0 fully saturated rings. The molecule has 13 rings (SSSR count). The van der Waals surface area contributed by atoms with E-state index in [0.717, 1.165) is 128 Å². The molecule has 0 aliphatic carbocycles. The van der Waals surface area contributed by atoms with Gasteiger partial charge in [0.2, 0.25) is 0 Å². The van der Waals surface area contributed by atoms with Crippen LogP contribution in [-0.2, 0) is 20.1 Å². The molecule has 0 unspecified atom stereocenters. The Morgan fingerprint density at radius 2 is 0.833 bits per heavy atom. The van der Waals surface area contributed by atoms with Crippen LogP contribution in [0.2, 0.25) is 0 Å². The first-order chi connectivity index (χ1) is 35.2. The first-order valence-corrected chi connectivity index (χ1v) is 23.7. The Kier molecular flexibility index (Phi) is 11.8. The minimum Gasteiger partial charge on any atom is -0.304 e. The van der Waals surface area contributed by atoms with E-state index in [-0.39, 0.29) is 20.1 Å². The van der Waals surface area contributed by atoms with Gasteiger partial charge in [-0.3, -0.25) is 4.52 Å². The molecule has 5 heterocycles. The summed E-state index contributed by atoms with van der Waals surface area (Å²) in [5.74, 6) is 0. The van der Waals surface area contributed by atoms with Gasteiger partial charge in [-0.25, -0.2) is 0 Å². The van der Waals surface area contributed by atoms with Crippen molar-refractivity contribution in [2.45, 2.75) is 0 Å². The van der Waals surface area contributed by atoms with Gasteiger partial charge in [0.1, 0.15) is 0 Å². The van der Waals surface area contributed by atoms with Crippen LogP contribution in [0.1, 0.15) is 0 Å².